The smallest absolute Gasteiger partial charge is 0.250 e. The molecule has 6 rings (SSSR count). The van der Waals surface area contributed by atoms with Crippen molar-refractivity contribution in [2.24, 2.45) is 0 Å². The Labute approximate surface area is 221 Å². The summed E-state index contributed by atoms with van der Waals surface area (Å²) in [6.07, 6.45) is 4.41. The van der Waals surface area contributed by atoms with Gasteiger partial charge in [-0.1, -0.05) is 40.2 Å². The van der Waals surface area contributed by atoms with Gasteiger partial charge in [-0.2, -0.15) is 0 Å². The number of rotatable bonds is 6. The van der Waals surface area contributed by atoms with Crippen LogP contribution in [0.25, 0.3) is 16.8 Å². The third kappa shape index (κ3) is 4.70. The summed E-state index contributed by atoms with van der Waals surface area (Å²) in [4.78, 5) is 26.4. The molecule has 2 aliphatic rings. The lowest BCUT2D eigenvalue weighted by Gasteiger charge is -2.24. The number of carbonyl (C=O) groups excluding carboxylic acids is 2. The van der Waals surface area contributed by atoms with Crippen LogP contribution in [0.1, 0.15) is 22.9 Å². The van der Waals surface area contributed by atoms with Crippen LogP contribution in [-0.4, -0.2) is 34.4 Å². The number of halogens is 2. The van der Waals surface area contributed by atoms with E-state index in [4.69, 9.17) is 4.74 Å². The number of nitrogens with one attached hydrogen (secondary N) is 1. The van der Waals surface area contributed by atoms with Crippen LogP contribution in [0.3, 0.4) is 0 Å². The number of amides is 2. The van der Waals surface area contributed by atoms with E-state index < -0.39 is 6.23 Å². The van der Waals surface area contributed by atoms with Crippen molar-refractivity contribution < 1.29 is 18.7 Å². The zero-order valence-electron chi connectivity index (χ0n) is 19.8. The Morgan fingerprint density at radius 2 is 1.78 bits per heavy atom. The van der Waals surface area contributed by atoms with Crippen LogP contribution < -0.4 is 5.32 Å². The van der Waals surface area contributed by atoms with Crippen LogP contribution in [0.15, 0.2) is 83.6 Å². The molecule has 0 radical (unpaired) electrons. The van der Waals surface area contributed by atoms with Gasteiger partial charge in [0.15, 0.2) is 6.23 Å². The molecule has 0 unspecified atom stereocenters. The van der Waals surface area contributed by atoms with Crippen LogP contribution in [0.2, 0.25) is 0 Å². The molecule has 1 atom stereocenters. The SMILES string of the molecule is O=C1Cc2ccc(CCN3C(=O)CO[C@H]3c3cn(-c4ccc(Br)cc4)cc3-c3ccc(F)cc3)cc2N1. The molecule has 3 heterocycles. The third-order valence-corrected chi connectivity index (χ3v) is 7.34. The fraction of sp³-hybridized carbons (Fsp3) is 0.172. The maximum Gasteiger partial charge on any atom is 0.250 e. The summed E-state index contributed by atoms with van der Waals surface area (Å²) < 4.78 is 22.7. The van der Waals surface area contributed by atoms with Crippen molar-refractivity contribution in [3.05, 3.63) is 106 Å². The van der Waals surface area contributed by atoms with Crippen molar-refractivity contribution in [2.45, 2.75) is 19.1 Å². The Morgan fingerprint density at radius 3 is 2.57 bits per heavy atom. The molecule has 1 aromatic heterocycles. The molecule has 0 bridgehead atoms. The molecule has 4 aromatic rings. The summed E-state index contributed by atoms with van der Waals surface area (Å²) in [6.45, 7) is 0.458. The second kappa shape index (κ2) is 9.61. The summed E-state index contributed by atoms with van der Waals surface area (Å²) >= 11 is 3.48. The summed E-state index contributed by atoms with van der Waals surface area (Å²) in [6, 6.07) is 20.2. The second-order valence-corrected chi connectivity index (χ2v) is 10.2. The van der Waals surface area contributed by atoms with Crippen molar-refractivity contribution in [1.29, 1.82) is 0 Å². The fourth-order valence-corrected chi connectivity index (χ4v) is 5.18. The van der Waals surface area contributed by atoms with E-state index in [2.05, 4.69) is 21.2 Å². The summed E-state index contributed by atoms with van der Waals surface area (Å²) in [5, 5.41) is 2.88. The molecular formula is C29H23BrFN3O3. The van der Waals surface area contributed by atoms with Crippen molar-refractivity contribution >= 4 is 33.4 Å². The van der Waals surface area contributed by atoms with Crippen molar-refractivity contribution in [3.8, 4) is 16.8 Å². The molecule has 2 amide bonds. The van der Waals surface area contributed by atoms with Gasteiger partial charge < -0.3 is 19.5 Å². The molecule has 8 heteroatoms. The lowest BCUT2D eigenvalue weighted by molar-refractivity contribution is -0.128. The first-order valence-electron chi connectivity index (χ1n) is 12.0. The number of benzene rings is 3. The largest absolute Gasteiger partial charge is 0.344 e. The minimum Gasteiger partial charge on any atom is -0.344 e. The van der Waals surface area contributed by atoms with E-state index in [1.165, 1.54) is 12.1 Å². The molecule has 0 spiro atoms. The number of fused-ring (bicyclic) bond motifs is 1. The monoisotopic (exact) mass is 559 g/mol. The number of nitrogens with zero attached hydrogens (tertiary/aromatic N) is 2. The van der Waals surface area contributed by atoms with Crippen LogP contribution in [0.5, 0.6) is 0 Å². The predicted molar refractivity (Wildman–Crippen MR) is 142 cm³/mol. The average molecular weight is 560 g/mol. The van der Waals surface area contributed by atoms with Gasteiger partial charge in [0.2, 0.25) is 5.91 Å². The molecule has 1 fully saturated rings. The predicted octanol–water partition coefficient (Wildman–Crippen LogP) is 5.64. The first-order valence-corrected chi connectivity index (χ1v) is 12.8. The van der Waals surface area contributed by atoms with Crippen LogP contribution in [-0.2, 0) is 27.2 Å². The quantitative estimate of drug-likeness (QED) is 0.332. The Bertz CT molecular complexity index is 1500. The van der Waals surface area contributed by atoms with E-state index in [0.717, 1.165) is 43.7 Å². The molecule has 3 aromatic carbocycles. The fourth-order valence-electron chi connectivity index (χ4n) is 4.92. The third-order valence-electron chi connectivity index (χ3n) is 6.81. The number of carbonyl (C=O) groups is 2. The van der Waals surface area contributed by atoms with E-state index >= 15 is 0 Å². The molecule has 1 N–H and O–H groups in total. The zero-order valence-corrected chi connectivity index (χ0v) is 21.4. The molecule has 0 saturated carbocycles. The molecule has 2 aliphatic heterocycles. The summed E-state index contributed by atoms with van der Waals surface area (Å²) in [7, 11) is 0. The molecule has 1 saturated heterocycles. The van der Waals surface area contributed by atoms with E-state index in [-0.39, 0.29) is 24.2 Å². The second-order valence-electron chi connectivity index (χ2n) is 9.23. The lowest BCUT2D eigenvalue weighted by Crippen LogP contribution is -2.30. The maximum absolute atomic E-state index is 13.7. The number of hydrogen-bond donors (Lipinski definition) is 1. The van der Waals surface area contributed by atoms with Crippen LogP contribution in [0.4, 0.5) is 10.1 Å². The maximum atomic E-state index is 13.7. The number of ether oxygens (including phenoxy) is 1. The van der Waals surface area contributed by atoms with Crippen molar-refractivity contribution in [2.75, 3.05) is 18.5 Å². The van der Waals surface area contributed by atoms with E-state index in [0.29, 0.717) is 19.4 Å². The van der Waals surface area contributed by atoms with Gasteiger partial charge in [-0.25, -0.2) is 4.39 Å². The first kappa shape index (κ1) is 23.6. The van der Waals surface area contributed by atoms with Gasteiger partial charge in [-0.3, -0.25) is 9.59 Å². The summed E-state index contributed by atoms with van der Waals surface area (Å²) in [5.41, 5.74) is 6.36. The highest BCUT2D eigenvalue weighted by Crippen LogP contribution is 2.37. The normalized spacial score (nSPS) is 16.8. The highest BCUT2D eigenvalue weighted by Gasteiger charge is 2.35. The lowest BCUT2D eigenvalue weighted by atomic mass is 10.0. The Hall–Kier alpha value is -3.75. The van der Waals surface area contributed by atoms with Gasteiger partial charge in [0.1, 0.15) is 12.4 Å². The number of hydrogen-bond acceptors (Lipinski definition) is 3. The molecular weight excluding hydrogens is 537 g/mol. The highest BCUT2D eigenvalue weighted by atomic mass is 79.9. The average Bonchev–Trinajstić information content (AvgIpc) is 3.59. The van der Waals surface area contributed by atoms with Crippen LogP contribution >= 0.6 is 15.9 Å². The molecule has 0 aliphatic carbocycles. The first-order chi connectivity index (χ1) is 17.9. The number of aromatic nitrogens is 1. The van der Waals surface area contributed by atoms with Crippen LogP contribution in [0, 0.1) is 5.82 Å². The van der Waals surface area contributed by atoms with Gasteiger partial charge >= 0.3 is 0 Å². The van der Waals surface area contributed by atoms with Gasteiger partial charge in [0, 0.05) is 45.9 Å². The molecule has 186 valence electrons. The van der Waals surface area contributed by atoms with Crippen molar-refractivity contribution in [1.82, 2.24) is 9.47 Å². The van der Waals surface area contributed by atoms with Gasteiger partial charge in [0.25, 0.3) is 5.91 Å². The standard InChI is InChI=1S/C29H23BrFN3O3/c30-21-5-9-23(10-6-21)33-15-24(19-3-7-22(31)8-4-19)25(16-33)29-34(28(36)17-37-29)12-11-18-1-2-20-14-27(35)32-26(20)13-18/h1-10,13,15-16,29H,11-12,14,17H2,(H,32,35)/t29-/m0/s1. The van der Waals surface area contributed by atoms with Gasteiger partial charge in [-0.15, -0.1) is 0 Å². The van der Waals surface area contributed by atoms with Crippen molar-refractivity contribution in [3.63, 3.8) is 0 Å². The van der Waals surface area contributed by atoms with E-state index in [1.807, 2.05) is 59.4 Å². The Kier molecular flexibility index (Phi) is 6.14. The topological polar surface area (TPSA) is 63.6 Å². The van der Waals surface area contributed by atoms with Gasteiger partial charge in [-0.05, 0) is 65.6 Å². The van der Waals surface area contributed by atoms with Gasteiger partial charge in [0.05, 0.1) is 6.42 Å². The Balaban J connectivity index is 1.32. The molecule has 37 heavy (non-hydrogen) atoms. The summed E-state index contributed by atoms with van der Waals surface area (Å²) in [5.74, 6) is -0.392. The molecule has 6 nitrogen and oxygen atoms in total. The number of anilines is 1. The highest BCUT2D eigenvalue weighted by molar-refractivity contribution is 9.10. The minimum atomic E-state index is -0.571. The van der Waals surface area contributed by atoms with E-state index in [9.17, 15) is 14.0 Å². The zero-order chi connectivity index (χ0) is 25.5. The van der Waals surface area contributed by atoms with E-state index in [1.54, 1.807) is 17.0 Å². The minimum absolute atomic E-state index is 0.000978. The Morgan fingerprint density at radius 1 is 1.00 bits per heavy atom.